The molecule has 14 nitrogen and oxygen atoms in total. The van der Waals surface area contributed by atoms with E-state index in [4.69, 9.17) is 0 Å². The van der Waals surface area contributed by atoms with Crippen LogP contribution < -0.4 is 10.6 Å². The zero-order valence-electron chi connectivity index (χ0n) is 24.8. The molecule has 1 unspecified atom stereocenters. The van der Waals surface area contributed by atoms with Crippen molar-refractivity contribution in [3.63, 3.8) is 0 Å². The van der Waals surface area contributed by atoms with Gasteiger partial charge in [0.15, 0.2) is 5.78 Å². The molecule has 2 aromatic heterocycles. The molecular formula is C29H38N6O8S. The summed E-state index contributed by atoms with van der Waals surface area (Å²) in [6.07, 6.45) is 5.76. The van der Waals surface area contributed by atoms with Gasteiger partial charge in [0.1, 0.15) is 11.8 Å². The number of unbranched alkanes of at least 4 members (excludes halogenated alkanes) is 2. The van der Waals surface area contributed by atoms with Crippen molar-refractivity contribution in [1.82, 2.24) is 30.4 Å². The van der Waals surface area contributed by atoms with Crippen molar-refractivity contribution in [3.05, 3.63) is 47.8 Å². The number of aryl methyl sites for hydroxylation is 1. The quantitative estimate of drug-likeness (QED) is 0.127. The summed E-state index contributed by atoms with van der Waals surface area (Å²) < 4.78 is 32.6. The molecule has 0 radical (unpaired) electrons. The highest BCUT2D eigenvalue weighted by Gasteiger charge is 2.30. The maximum absolute atomic E-state index is 12.9. The predicted molar refractivity (Wildman–Crippen MR) is 160 cm³/mol. The summed E-state index contributed by atoms with van der Waals surface area (Å²) in [4.78, 5) is 72.5. The van der Waals surface area contributed by atoms with Gasteiger partial charge < -0.3 is 15.5 Å². The first kappa shape index (κ1) is 34.4. The molecule has 1 atom stereocenters. The van der Waals surface area contributed by atoms with Crippen molar-refractivity contribution in [1.29, 1.82) is 0 Å². The van der Waals surface area contributed by atoms with Crippen LogP contribution in [0.1, 0.15) is 54.4 Å². The molecule has 3 N–H and O–H groups in total. The average Bonchev–Trinajstić information content (AvgIpc) is 3.28. The third-order valence-corrected chi connectivity index (χ3v) is 7.73. The Morgan fingerprint density at radius 2 is 1.66 bits per heavy atom. The maximum Gasteiger partial charge on any atom is 0.267 e. The minimum absolute atomic E-state index is 0.130. The molecule has 1 fully saturated rings. The zero-order chi connectivity index (χ0) is 32.3. The van der Waals surface area contributed by atoms with Crippen molar-refractivity contribution < 1.29 is 36.9 Å². The third-order valence-electron chi connectivity index (χ3n) is 6.98. The van der Waals surface area contributed by atoms with Gasteiger partial charge in [-0.15, -0.1) is 0 Å². The normalized spacial score (nSPS) is 14.1. The molecular weight excluding hydrogens is 592 g/mol. The van der Waals surface area contributed by atoms with Crippen LogP contribution in [-0.2, 0) is 29.3 Å². The van der Waals surface area contributed by atoms with Crippen LogP contribution in [-0.4, -0.2) is 107 Å². The number of likely N-dealkylation sites (tertiary alicyclic amines) is 1. The molecule has 1 aliphatic heterocycles. The number of hydrogen-bond donors (Lipinski definition) is 3. The summed E-state index contributed by atoms with van der Waals surface area (Å²) in [5, 5.41) is 4.98. The van der Waals surface area contributed by atoms with Gasteiger partial charge >= 0.3 is 0 Å². The van der Waals surface area contributed by atoms with E-state index in [-0.39, 0.29) is 55.5 Å². The lowest BCUT2D eigenvalue weighted by Gasteiger charge is -2.20. The van der Waals surface area contributed by atoms with E-state index in [2.05, 4.69) is 20.6 Å². The van der Waals surface area contributed by atoms with E-state index in [0.29, 0.717) is 30.9 Å². The molecule has 3 heterocycles. The summed E-state index contributed by atoms with van der Waals surface area (Å²) in [7, 11) is -2.76. The fourth-order valence-electron chi connectivity index (χ4n) is 4.56. The number of aromatic nitrogens is 2. The van der Waals surface area contributed by atoms with Gasteiger partial charge in [-0.2, -0.15) is 8.42 Å². The van der Waals surface area contributed by atoms with E-state index < -0.39 is 33.7 Å². The number of carbonyl (C=O) groups is 5. The van der Waals surface area contributed by atoms with Crippen molar-refractivity contribution in [2.24, 2.45) is 0 Å². The number of likely N-dealkylation sites (N-methyl/N-ethyl adjacent to an activating group) is 1. The molecule has 4 amide bonds. The fraction of sp³-hybridized carbons (Fsp3) is 0.483. The first-order valence-corrected chi connectivity index (χ1v) is 15.9. The van der Waals surface area contributed by atoms with Crippen molar-refractivity contribution >= 4 is 39.5 Å². The Morgan fingerprint density at radius 3 is 2.32 bits per heavy atom. The molecule has 2 aromatic rings. The number of rotatable bonds is 17. The van der Waals surface area contributed by atoms with Gasteiger partial charge in [0.25, 0.3) is 16.0 Å². The van der Waals surface area contributed by atoms with Crippen LogP contribution in [0.25, 0.3) is 11.4 Å². The smallest absolute Gasteiger partial charge is 0.267 e. The Morgan fingerprint density at radius 1 is 1.00 bits per heavy atom. The lowest BCUT2D eigenvalue weighted by molar-refractivity contribution is -0.141. The Kier molecular flexibility index (Phi) is 12.6. The summed E-state index contributed by atoms with van der Waals surface area (Å²) >= 11 is 0. The zero-order valence-corrected chi connectivity index (χ0v) is 25.6. The Hall–Kier alpha value is -4.08. The number of nitrogens with one attached hydrogen (secondary N) is 2. The molecule has 0 spiro atoms. The number of nitrogens with zero attached hydrogens (tertiary/aromatic N) is 4. The lowest BCUT2D eigenvalue weighted by Crippen LogP contribution is -2.51. The molecule has 0 bridgehead atoms. The molecule has 0 aliphatic carbocycles. The summed E-state index contributed by atoms with van der Waals surface area (Å²) in [6.45, 7) is 2.97. The molecule has 238 valence electrons. The van der Waals surface area contributed by atoms with Crippen molar-refractivity contribution in [2.45, 2.75) is 51.5 Å². The van der Waals surface area contributed by atoms with Gasteiger partial charge in [0.2, 0.25) is 17.7 Å². The van der Waals surface area contributed by atoms with E-state index in [1.54, 1.807) is 12.3 Å². The second-order valence-electron chi connectivity index (χ2n) is 10.7. The number of carbonyl (C=O) groups excluding carboxylic acids is 5. The number of hydrogen-bond acceptors (Lipinski definition) is 10. The molecule has 3 rings (SSSR count). The standard InChI is InChI=1S/C29H38N6O8S/c1-20-9-11-30-23(16-20)24-17-21(10-12-31-24)28(39)33-25(19-44(41,42)43)29(40)32-13-15-34(2)14-5-3-4-6-22(36)18-35-26(37)7-8-27(35)38/h9-12,16-17,25H,3-8,13-15,18-19H2,1-2H3,(H,32,40)(H,33,39)(H,41,42,43). The van der Waals surface area contributed by atoms with Gasteiger partial charge in [-0.25, -0.2) is 0 Å². The second-order valence-corrected chi connectivity index (χ2v) is 12.2. The van der Waals surface area contributed by atoms with Crippen LogP contribution in [0.5, 0.6) is 0 Å². The number of amides is 4. The topological polar surface area (TPSA) is 196 Å². The van der Waals surface area contributed by atoms with E-state index in [0.717, 1.165) is 23.3 Å². The monoisotopic (exact) mass is 630 g/mol. The highest BCUT2D eigenvalue weighted by atomic mass is 32.2. The molecule has 44 heavy (non-hydrogen) atoms. The second kappa shape index (κ2) is 16.1. The van der Waals surface area contributed by atoms with Crippen LogP contribution in [0.15, 0.2) is 36.7 Å². The minimum Gasteiger partial charge on any atom is -0.353 e. The van der Waals surface area contributed by atoms with Crippen LogP contribution in [0.2, 0.25) is 0 Å². The van der Waals surface area contributed by atoms with Gasteiger partial charge in [-0.3, -0.25) is 43.4 Å². The number of pyridine rings is 2. The number of ketones is 1. The molecule has 0 aromatic carbocycles. The van der Waals surface area contributed by atoms with Crippen molar-refractivity contribution in [2.75, 3.05) is 39.0 Å². The first-order chi connectivity index (χ1) is 20.8. The molecule has 1 aliphatic rings. The molecule has 0 saturated carbocycles. The highest BCUT2D eigenvalue weighted by molar-refractivity contribution is 7.85. The van der Waals surface area contributed by atoms with E-state index in [1.165, 1.54) is 18.3 Å². The van der Waals surface area contributed by atoms with Crippen LogP contribution in [0.3, 0.4) is 0 Å². The molecule has 15 heteroatoms. The van der Waals surface area contributed by atoms with E-state index >= 15 is 0 Å². The summed E-state index contributed by atoms with van der Waals surface area (Å²) in [5.74, 6) is -3.25. The number of imide groups is 1. The van der Waals surface area contributed by atoms with Crippen molar-refractivity contribution in [3.8, 4) is 11.4 Å². The SMILES string of the molecule is Cc1ccnc(-c2cc(C(=O)NC(CS(=O)(=O)O)C(=O)NCCN(C)CCCCCC(=O)CN3C(=O)CCC3=O)ccn2)c1. The highest BCUT2D eigenvalue weighted by Crippen LogP contribution is 2.17. The Labute approximate surface area is 256 Å². The third kappa shape index (κ3) is 11.2. The van der Waals surface area contributed by atoms with Crippen LogP contribution in [0.4, 0.5) is 0 Å². The first-order valence-electron chi connectivity index (χ1n) is 14.3. The maximum atomic E-state index is 12.9. The summed E-state index contributed by atoms with van der Waals surface area (Å²) in [5.41, 5.74) is 2.03. The van der Waals surface area contributed by atoms with Gasteiger partial charge in [0, 0.05) is 50.3 Å². The Balaban J connectivity index is 1.42. The van der Waals surface area contributed by atoms with E-state index in [1.807, 2.05) is 24.9 Å². The summed E-state index contributed by atoms with van der Waals surface area (Å²) in [6, 6.07) is 4.95. The fourth-order valence-corrected chi connectivity index (χ4v) is 5.22. The van der Waals surface area contributed by atoms with Gasteiger partial charge in [-0.1, -0.05) is 6.42 Å². The number of Topliss-reactive ketones (excluding diaryl/α,β-unsaturated/α-hetero) is 1. The van der Waals surface area contributed by atoms with Crippen LogP contribution in [0, 0.1) is 6.92 Å². The molecule has 1 saturated heterocycles. The lowest BCUT2D eigenvalue weighted by atomic mass is 10.1. The predicted octanol–water partition coefficient (Wildman–Crippen LogP) is 0.765. The van der Waals surface area contributed by atoms with Crippen LogP contribution >= 0.6 is 0 Å². The largest absolute Gasteiger partial charge is 0.353 e. The Bertz CT molecular complexity index is 1470. The van der Waals surface area contributed by atoms with Gasteiger partial charge in [0.05, 0.1) is 17.9 Å². The van der Waals surface area contributed by atoms with Gasteiger partial charge in [-0.05, 0) is 63.2 Å². The average molecular weight is 631 g/mol. The van der Waals surface area contributed by atoms with E-state index in [9.17, 15) is 36.9 Å². The minimum atomic E-state index is -4.60.